The summed E-state index contributed by atoms with van der Waals surface area (Å²) in [5, 5.41) is 3.27. The van der Waals surface area contributed by atoms with Crippen molar-refractivity contribution in [3.8, 4) is 0 Å². The summed E-state index contributed by atoms with van der Waals surface area (Å²) in [4.78, 5) is 11.5. The molecule has 20 heavy (non-hydrogen) atoms. The van der Waals surface area contributed by atoms with Crippen LogP contribution in [0.15, 0.2) is 24.3 Å². The SMILES string of the molecule is CC(C)c1ccc(CNCCC(=O)OC(C)(C)C)cc1. The first-order chi connectivity index (χ1) is 9.28. The number of ether oxygens (including phenoxy) is 1. The van der Waals surface area contributed by atoms with Crippen molar-refractivity contribution in [3.63, 3.8) is 0 Å². The van der Waals surface area contributed by atoms with Crippen molar-refractivity contribution in [3.05, 3.63) is 35.4 Å². The van der Waals surface area contributed by atoms with E-state index in [4.69, 9.17) is 4.74 Å². The number of hydrogen-bond donors (Lipinski definition) is 1. The van der Waals surface area contributed by atoms with Crippen molar-refractivity contribution in [1.29, 1.82) is 0 Å². The van der Waals surface area contributed by atoms with Gasteiger partial charge in [-0.05, 0) is 37.8 Å². The zero-order valence-corrected chi connectivity index (χ0v) is 13.3. The highest BCUT2D eigenvalue weighted by atomic mass is 16.6. The molecular weight excluding hydrogens is 250 g/mol. The molecule has 0 saturated heterocycles. The lowest BCUT2D eigenvalue weighted by atomic mass is 10.0. The van der Waals surface area contributed by atoms with Gasteiger partial charge in [0.15, 0.2) is 0 Å². The van der Waals surface area contributed by atoms with Crippen LogP contribution < -0.4 is 5.32 Å². The van der Waals surface area contributed by atoms with Gasteiger partial charge in [0.25, 0.3) is 0 Å². The summed E-state index contributed by atoms with van der Waals surface area (Å²) in [7, 11) is 0. The van der Waals surface area contributed by atoms with Gasteiger partial charge in [-0.2, -0.15) is 0 Å². The van der Waals surface area contributed by atoms with Crippen LogP contribution in [0.1, 0.15) is 58.1 Å². The molecular formula is C17H27NO2. The molecule has 0 aliphatic carbocycles. The summed E-state index contributed by atoms with van der Waals surface area (Å²) in [5.41, 5.74) is 2.19. The minimum absolute atomic E-state index is 0.153. The van der Waals surface area contributed by atoms with E-state index in [-0.39, 0.29) is 5.97 Å². The number of benzene rings is 1. The van der Waals surface area contributed by atoms with E-state index >= 15 is 0 Å². The van der Waals surface area contributed by atoms with Crippen LogP contribution in [0.2, 0.25) is 0 Å². The van der Waals surface area contributed by atoms with Crippen LogP contribution in [0, 0.1) is 0 Å². The van der Waals surface area contributed by atoms with Crippen LogP contribution in [-0.2, 0) is 16.1 Å². The Balaban J connectivity index is 2.26. The quantitative estimate of drug-likeness (QED) is 0.637. The monoisotopic (exact) mass is 277 g/mol. The molecule has 1 aromatic rings. The van der Waals surface area contributed by atoms with Crippen molar-refractivity contribution in [2.45, 2.75) is 59.1 Å². The highest BCUT2D eigenvalue weighted by Crippen LogP contribution is 2.14. The molecule has 3 heteroatoms. The topological polar surface area (TPSA) is 38.3 Å². The van der Waals surface area contributed by atoms with Crippen LogP contribution in [0.5, 0.6) is 0 Å². The van der Waals surface area contributed by atoms with Gasteiger partial charge in [-0.15, -0.1) is 0 Å². The minimum atomic E-state index is -0.399. The van der Waals surface area contributed by atoms with Crippen molar-refractivity contribution < 1.29 is 9.53 Å². The summed E-state index contributed by atoms with van der Waals surface area (Å²) in [6.07, 6.45) is 0.404. The molecule has 1 N–H and O–H groups in total. The van der Waals surface area contributed by atoms with Crippen LogP contribution in [0.3, 0.4) is 0 Å². The summed E-state index contributed by atoms with van der Waals surface area (Å²) >= 11 is 0. The fourth-order valence-corrected chi connectivity index (χ4v) is 1.84. The second kappa shape index (κ2) is 7.44. The van der Waals surface area contributed by atoms with E-state index < -0.39 is 5.60 Å². The van der Waals surface area contributed by atoms with Crippen LogP contribution in [0.25, 0.3) is 0 Å². The summed E-state index contributed by atoms with van der Waals surface area (Å²) in [5.74, 6) is 0.407. The molecule has 3 nitrogen and oxygen atoms in total. The largest absolute Gasteiger partial charge is 0.460 e. The maximum atomic E-state index is 11.5. The number of nitrogens with one attached hydrogen (secondary N) is 1. The van der Waals surface area contributed by atoms with Gasteiger partial charge < -0.3 is 10.1 Å². The number of carbonyl (C=O) groups excluding carboxylic acids is 1. The molecule has 0 heterocycles. The van der Waals surface area contributed by atoms with Gasteiger partial charge in [-0.25, -0.2) is 0 Å². The molecule has 0 radical (unpaired) electrons. The van der Waals surface area contributed by atoms with Crippen molar-refractivity contribution >= 4 is 5.97 Å². The normalized spacial score (nSPS) is 11.7. The predicted molar refractivity (Wildman–Crippen MR) is 82.7 cm³/mol. The van der Waals surface area contributed by atoms with E-state index in [1.54, 1.807) is 0 Å². The van der Waals surface area contributed by atoms with Crippen LogP contribution >= 0.6 is 0 Å². The number of hydrogen-bond acceptors (Lipinski definition) is 3. The van der Waals surface area contributed by atoms with Crippen molar-refractivity contribution in [2.24, 2.45) is 0 Å². The molecule has 1 rings (SSSR count). The van der Waals surface area contributed by atoms with E-state index in [1.807, 2.05) is 20.8 Å². The Hall–Kier alpha value is -1.35. The number of carbonyl (C=O) groups is 1. The van der Waals surface area contributed by atoms with E-state index in [2.05, 4.69) is 43.4 Å². The molecule has 0 aliphatic heterocycles. The predicted octanol–water partition coefficient (Wildman–Crippen LogP) is 3.63. The van der Waals surface area contributed by atoms with Gasteiger partial charge in [-0.3, -0.25) is 4.79 Å². The lowest BCUT2D eigenvalue weighted by molar-refractivity contribution is -0.154. The maximum Gasteiger partial charge on any atom is 0.307 e. The molecule has 0 saturated carbocycles. The zero-order chi connectivity index (χ0) is 15.2. The third-order valence-electron chi connectivity index (χ3n) is 2.90. The first kappa shape index (κ1) is 16.7. The standard InChI is InChI=1S/C17H27NO2/c1-13(2)15-8-6-14(7-9-15)12-18-11-10-16(19)20-17(3,4)5/h6-9,13,18H,10-12H2,1-5H3. The molecule has 0 atom stereocenters. The third-order valence-corrected chi connectivity index (χ3v) is 2.90. The molecule has 112 valence electrons. The van der Waals surface area contributed by atoms with Crippen LogP contribution in [-0.4, -0.2) is 18.1 Å². The Bertz CT molecular complexity index is 416. The van der Waals surface area contributed by atoms with Gasteiger partial charge in [0.05, 0.1) is 6.42 Å². The Morgan fingerprint density at radius 3 is 2.30 bits per heavy atom. The zero-order valence-electron chi connectivity index (χ0n) is 13.3. The Kier molecular flexibility index (Phi) is 6.21. The third kappa shape index (κ3) is 6.71. The van der Waals surface area contributed by atoms with E-state index in [0.717, 1.165) is 6.54 Å². The van der Waals surface area contributed by atoms with Gasteiger partial charge >= 0.3 is 5.97 Å². The molecule has 0 aliphatic rings. The highest BCUT2D eigenvalue weighted by molar-refractivity contribution is 5.70. The highest BCUT2D eigenvalue weighted by Gasteiger charge is 2.15. The van der Waals surface area contributed by atoms with Crippen LogP contribution in [0.4, 0.5) is 0 Å². The lowest BCUT2D eigenvalue weighted by Crippen LogP contribution is -2.26. The Labute approximate surface area is 122 Å². The lowest BCUT2D eigenvalue weighted by Gasteiger charge is -2.19. The maximum absolute atomic E-state index is 11.5. The second-order valence-electron chi connectivity index (χ2n) is 6.41. The smallest absolute Gasteiger partial charge is 0.307 e. The molecule has 0 unspecified atom stereocenters. The Morgan fingerprint density at radius 2 is 1.80 bits per heavy atom. The Morgan fingerprint density at radius 1 is 1.20 bits per heavy atom. The summed E-state index contributed by atoms with van der Waals surface area (Å²) < 4.78 is 5.25. The van der Waals surface area contributed by atoms with E-state index in [9.17, 15) is 4.79 Å². The molecule has 0 bridgehead atoms. The van der Waals surface area contributed by atoms with Crippen molar-refractivity contribution in [2.75, 3.05) is 6.54 Å². The average Bonchev–Trinajstić information content (AvgIpc) is 2.33. The number of esters is 1. The molecule has 0 spiro atoms. The average molecular weight is 277 g/mol. The van der Waals surface area contributed by atoms with E-state index in [0.29, 0.717) is 18.9 Å². The first-order valence-electron chi connectivity index (χ1n) is 7.29. The van der Waals surface area contributed by atoms with Gasteiger partial charge in [0, 0.05) is 13.1 Å². The molecule has 0 aromatic heterocycles. The van der Waals surface area contributed by atoms with Gasteiger partial charge in [0.1, 0.15) is 5.60 Å². The molecule has 0 amide bonds. The van der Waals surface area contributed by atoms with Crippen molar-refractivity contribution in [1.82, 2.24) is 5.32 Å². The fraction of sp³-hybridized carbons (Fsp3) is 0.588. The fourth-order valence-electron chi connectivity index (χ4n) is 1.84. The van der Waals surface area contributed by atoms with E-state index in [1.165, 1.54) is 11.1 Å². The number of rotatable bonds is 6. The first-order valence-corrected chi connectivity index (χ1v) is 7.29. The summed E-state index contributed by atoms with van der Waals surface area (Å²) in [6.45, 7) is 11.4. The van der Waals surface area contributed by atoms with Gasteiger partial charge in [0.2, 0.25) is 0 Å². The summed E-state index contributed by atoms with van der Waals surface area (Å²) in [6, 6.07) is 8.59. The minimum Gasteiger partial charge on any atom is -0.460 e. The molecule has 0 fully saturated rings. The molecule has 1 aromatic carbocycles. The second-order valence-corrected chi connectivity index (χ2v) is 6.41. The van der Waals surface area contributed by atoms with Gasteiger partial charge in [-0.1, -0.05) is 38.1 Å².